The summed E-state index contributed by atoms with van der Waals surface area (Å²) in [7, 11) is 0. The summed E-state index contributed by atoms with van der Waals surface area (Å²) in [5.74, 6) is -3.13. The van der Waals surface area contributed by atoms with E-state index in [0.717, 1.165) is 0 Å². The number of hydrogen-bond donors (Lipinski definition) is 7. The third-order valence-corrected chi connectivity index (χ3v) is 10.4. The fraction of sp³-hybridized carbons (Fsp3) is 0.880. The summed E-state index contributed by atoms with van der Waals surface area (Å²) >= 11 is 0. The van der Waals surface area contributed by atoms with Crippen LogP contribution in [0.1, 0.15) is 54.4 Å². The van der Waals surface area contributed by atoms with Crippen LogP contribution in [-0.4, -0.2) is 90.9 Å². The summed E-state index contributed by atoms with van der Waals surface area (Å²) in [6.45, 7) is 9.98. The molecule has 10 nitrogen and oxygen atoms in total. The number of fused-ring (bicyclic) bond motifs is 5. The largest absolute Gasteiger partial charge is 0.392 e. The quantitative estimate of drug-likeness (QED) is 0.116. The van der Waals surface area contributed by atoms with E-state index in [4.69, 9.17) is 15.4 Å². The maximum Gasteiger partial charge on any atom is 0.174 e. The SMILES string of the molecule is CC1=C2C(O)C(=O)[C@]3(C)C(O)CC4OCC4(O)C3C(C)C(O)(CC1[C@@H](OO)C(O)C(C)N)C2(C)C.[Ac]. The first-order chi connectivity index (χ1) is 16.0. The van der Waals surface area contributed by atoms with E-state index in [1.54, 1.807) is 41.5 Å². The number of carbonyl (C=O) groups is 1. The van der Waals surface area contributed by atoms with Gasteiger partial charge < -0.3 is 36.0 Å². The molecule has 3 fully saturated rings. The van der Waals surface area contributed by atoms with Crippen molar-refractivity contribution in [1.29, 1.82) is 0 Å². The van der Waals surface area contributed by atoms with Crippen LogP contribution in [0.15, 0.2) is 11.1 Å². The van der Waals surface area contributed by atoms with Crippen molar-refractivity contribution in [2.45, 2.75) is 102 Å². The van der Waals surface area contributed by atoms with Gasteiger partial charge in [-0.15, -0.1) is 0 Å². The van der Waals surface area contributed by atoms with Gasteiger partial charge in [0, 0.05) is 73.8 Å². The summed E-state index contributed by atoms with van der Waals surface area (Å²) in [6, 6.07) is -0.770. The Morgan fingerprint density at radius 1 is 1.19 bits per heavy atom. The van der Waals surface area contributed by atoms with Gasteiger partial charge in [-0.25, -0.2) is 4.89 Å². The van der Waals surface area contributed by atoms with Crippen LogP contribution in [0.3, 0.4) is 0 Å². The molecule has 0 aromatic carbocycles. The monoisotopic (exact) mass is 726 g/mol. The zero-order valence-electron chi connectivity index (χ0n) is 21.9. The minimum atomic E-state index is -1.69. The first kappa shape index (κ1) is 31.0. The number of ketones is 1. The van der Waals surface area contributed by atoms with Crippen LogP contribution in [0.2, 0.25) is 0 Å². The molecule has 10 unspecified atom stereocenters. The Morgan fingerprint density at radius 2 is 1.78 bits per heavy atom. The second-order valence-corrected chi connectivity index (χ2v) is 12.2. The minimum Gasteiger partial charge on any atom is -0.392 e. The van der Waals surface area contributed by atoms with Gasteiger partial charge in [-0.05, 0) is 38.7 Å². The van der Waals surface area contributed by atoms with Gasteiger partial charge in [0.05, 0.1) is 35.9 Å². The molecule has 4 aliphatic rings. The zero-order valence-corrected chi connectivity index (χ0v) is 26.6. The molecular weight excluding hydrogens is 685 g/mol. The molecule has 1 radical (unpaired) electrons. The summed E-state index contributed by atoms with van der Waals surface area (Å²) in [6.07, 6.45) is -6.07. The van der Waals surface area contributed by atoms with E-state index in [2.05, 4.69) is 0 Å². The van der Waals surface area contributed by atoms with Gasteiger partial charge >= 0.3 is 0 Å². The van der Waals surface area contributed by atoms with E-state index in [-0.39, 0.29) is 69.1 Å². The van der Waals surface area contributed by atoms with Crippen molar-refractivity contribution in [1.82, 2.24) is 0 Å². The molecular formula is C25H41AcNO9. The molecule has 11 heteroatoms. The maximum absolute atomic E-state index is 14.0. The molecule has 2 bridgehead atoms. The number of aliphatic hydroxyl groups excluding tert-OH is 3. The van der Waals surface area contributed by atoms with Crippen LogP contribution < -0.4 is 5.73 Å². The molecule has 3 aliphatic carbocycles. The molecule has 203 valence electrons. The average Bonchev–Trinajstić information content (AvgIpc) is 2.77. The molecule has 1 heterocycles. The molecule has 1 aliphatic heterocycles. The van der Waals surface area contributed by atoms with E-state index >= 15 is 0 Å². The average molecular weight is 727 g/mol. The predicted molar refractivity (Wildman–Crippen MR) is 124 cm³/mol. The smallest absolute Gasteiger partial charge is 0.174 e. The van der Waals surface area contributed by atoms with Crippen molar-refractivity contribution < 1.29 is 89.3 Å². The Labute approximate surface area is 247 Å². The third-order valence-electron chi connectivity index (χ3n) is 10.4. The molecule has 0 aromatic rings. The van der Waals surface area contributed by atoms with Crippen molar-refractivity contribution in [3.05, 3.63) is 11.1 Å². The van der Waals surface area contributed by atoms with E-state index in [1.165, 1.54) is 0 Å². The van der Waals surface area contributed by atoms with Gasteiger partial charge in [-0.3, -0.25) is 10.1 Å². The normalized spacial score (nSPS) is 48.3. The van der Waals surface area contributed by atoms with Crippen molar-refractivity contribution in [2.24, 2.45) is 34.3 Å². The summed E-state index contributed by atoms with van der Waals surface area (Å²) in [5.41, 5.74) is 0.846. The Morgan fingerprint density at radius 3 is 2.25 bits per heavy atom. The van der Waals surface area contributed by atoms with Crippen molar-refractivity contribution in [3.63, 3.8) is 0 Å². The standard InChI is InChI=1S/C25H41NO9.Ac/c1-10-13(19(35-33)17(28)12(3)26)8-25(32)11(2)20-23(6,14(27)7-15-24(20,31)9-34-15)21(30)18(29)16(10)22(25,4)5;/h11-15,17-20,27-29,31-33H,7-9,26H2,1-6H3;/t11?,12?,13?,14?,15?,17?,18?,19-,20?,23-,24?,25?;/m1./s1. The fourth-order valence-electron chi connectivity index (χ4n) is 8.10. The first-order valence-corrected chi connectivity index (χ1v) is 12.4. The van der Waals surface area contributed by atoms with Gasteiger partial charge in [0.2, 0.25) is 0 Å². The van der Waals surface area contributed by atoms with Gasteiger partial charge in [0.1, 0.15) is 17.8 Å². The molecule has 0 aromatic heterocycles. The molecule has 1 saturated heterocycles. The van der Waals surface area contributed by atoms with E-state index in [0.29, 0.717) is 5.57 Å². The number of ether oxygens (including phenoxy) is 1. The van der Waals surface area contributed by atoms with Crippen LogP contribution in [0, 0.1) is 72.6 Å². The van der Waals surface area contributed by atoms with Crippen molar-refractivity contribution in [2.75, 3.05) is 6.61 Å². The molecule has 36 heavy (non-hydrogen) atoms. The van der Waals surface area contributed by atoms with Crippen molar-refractivity contribution >= 4 is 5.78 Å². The van der Waals surface area contributed by atoms with E-state index in [1.807, 2.05) is 0 Å². The number of carbonyl (C=O) groups excluding carboxylic acids is 1. The van der Waals surface area contributed by atoms with E-state index in [9.17, 15) is 35.6 Å². The summed E-state index contributed by atoms with van der Waals surface area (Å²) in [5, 5.41) is 67.4. The van der Waals surface area contributed by atoms with Gasteiger partial charge in [-0.2, -0.15) is 0 Å². The second kappa shape index (κ2) is 9.84. The summed E-state index contributed by atoms with van der Waals surface area (Å²) in [4.78, 5) is 18.7. The van der Waals surface area contributed by atoms with Gasteiger partial charge in [0.15, 0.2) is 5.78 Å². The Bertz CT molecular complexity index is 927. The molecule has 2 saturated carbocycles. The number of nitrogens with two attached hydrogens (primary N) is 1. The number of rotatable bonds is 4. The zero-order chi connectivity index (χ0) is 26.5. The fourth-order valence-corrected chi connectivity index (χ4v) is 8.10. The van der Waals surface area contributed by atoms with Gasteiger partial charge in [0.25, 0.3) is 0 Å². The molecule has 0 amide bonds. The van der Waals surface area contributed by atoms with Crippen molar-refractivity contribution in [3.8, 4) is 0 Å². The molecule has 8 N–H and O–H groups in total. The number of aliphatic hydroxyl groups is 5. The molecule has 12 atom stereocenters. The second-order valence-electron chi connectivity index (χ2n) is 12.2. The maximum atomic E-state index is 14.0. The Hall–Kier alpha value is 0.492. The van der Waals surface area contributed by atoms with Crippen LogP contribution in [0.4, 0.5) is 0 Å². The van der Waals surface area contributed by atoms with E-state index < -0.39 is 82.1 Å². The predicted octanol–water partition coefficient (Wildman–Crippen LogP) is -0.257. The van der Waals surface area contributed by atoms with Crippen LogP contribution in [-0.2, 0) is 14.4 Å². The first-order valence-electron chi connectivity index (χ1n) is 12.4. The summed E-state index contributed by atoms with van der Waals surface area (Å²) < 4.78 is 5.55. The Balaban J connectivity index is 0.00000361. The van der Waals surface area contributed by atoms with Crippen LogP contribution in [0.25, 0.3) is 0 Å². The van der Waals surface area contributed by atoms with Gasteiger partial charge in [-0.1, -0.05) is 26.3 Å². The topological polar surface area (TPSA) is 183 Å². The molecule has 0 spiro atoms. The number of Topliss-reactive ketones (excluding diaryl/α,β-unsaturated/α-hetero) is 1. The minimum absolute atomic E-state index is 0. The Kier molecular flexibility index (Phi) is 8.48. The van der Waals surface area contributed by atoms with Crippen LogP contribution in [0.5, 0.6) is 0 Å². The third kappa shape index (κ3) is 3.83. The van der Waals surface area contributed by atoms with Crippen LogP contribution >= 0.6 is 0 Å². The molecule has 4 rings (SSSR count). The number of hydrogen-bond acceptors (Lipinski definition) is 10.